The highest BCUT2D eigenvalue weighted by atomic mass is 28.3. The van der Waals surface area contributed by atoms with Crippen molar-refractivity contribution in [1.82, 2.24) is 0 Å². The van der Waals surface area contributed by atoms with Crippen LogP contribution in [0.5, 0.6) is 0 Å². The monoisotopic (exact) mass is 574 g/mol. The number of hydrogen-bond acceptors (Lipinski definition) is 6. The summed E-state index contributed by atoms with van der Waals surface area (Å²) in [5.41, 5.74) is 6.52. The molecule has 3 aromatic carbocycles. The number of hydrogen-bond donors (Lipinski definition) is 0. The lowest BCUT2D eigenvalue weighted by molar-refractivity contribution is -0.322. The number of benzene rings is 3. The normalized spacial score (nSPS) is 22.6. The molecule has 4 rings (SSSR count). The standard InChI is InChI=1S/C34H42O6Si/c1-35-34-33(39-25-29-19-12-7-13-20-29)32(38-24-28-17-10-6-11-18-28)31(37-23-27-15-8-5-9-16-27)30(40-34)26-36-21-14-22-41(2,3)4/h5-13,15-20,30-34H,21,23-26H2,1-4H3/t30-,31-,32+,33-,34+/m1/s1. The van der Waals surface area contributed by atoms with E-state index in [1.165, 1.54) is 0 Å². The first-order valence-corrected chi connectivity index (χ1v) is 17.7. The first kappa shape index (κ1) is 31.1. The van der Waals surface area contributed by atoms with Crippen LogP contribution in [0.2, 0.25) is 19.6 Å². The highest BCUT2D eigenvalue weighted by Crippen LogP contribution is 2.31. The molecular weight excluding hydrogens is 532 g/mol. The van der Waals surface area contributed by atoms with E-state index in [2.05, 4.69) is 31.1 Å². The van der Waals surface area contributed by atoms with E-state index in [1.807, 2.05) is 91.0 Å². The van der Waals surface area contributed by atoms with Crippen molar-refractivity contribution in [2.45, 2.75) is 70.2 Å². The molecule has 1 fully saturated rings. The maximum atomic E-state index is 6.62. The van der Waals surface area contributed by atoms with Crippen LogP contribution in [0.4, 0.5) is 0 Å². The average molecular weight is 575 g/mol. The lowest BCUT2D eigenvalue weighted by atomic mass is 9.98. The Labute approximate surface area is 245 Å². The van der Waals surface area contributed by atoms with E-state index in [9.17, 15) is 0 Å². The Hall–Kier alpha value is -2.80. The van der Waals surface area contributed by atoms with Gasteiger partial charge in [0.25, 0.3) is 0 Å². The van der Waals surface area contributed by atoms with Gasteiger partial charge in [0.05, 0.1) is 26.4 Å². The van der Waals surface area contributed by atoms with Crippen LogP contribution in [-0.2, 0) is 48.2 Å². The summed E-state index contributed by atoms with van der Waals surface area (Å²) in [6.45, 7) is 8.44. The van der Waals surface area contributed by atoms with Crippen molar-refractivity contribution in [2.24, 2.45) is 0 Å². The van der Waals surface area contributed by atoms with Crippen molar-refractivity contribution < 1.29 is 28.4 Å². The molecule has 0 spiro atoms. The smallest absolute Gasteiger partial charge is 0.186 e. The Morgan fingerprint density at radius 2 is 1.12 bits per heavy atom. The predicted octanol–water partition coefficient (Wildman–Crippen LogP) is 6.01. The zero-order valence-electron chi connectivity index (χ0n) is 24.5. The maximum Gasteiger partial charge on any atom is 0.186 e. The van der Waals surface area contributed by atoms with Crippen molar-refractivity contribution in [2.75, 3.05) is 20.3 Å². The van der Waals surface area contributed by atoms with Gasteiger partial charge in [-0.15, -0.1) is 5.54 Å². The summed E-state index contributed by atoms with van der Waals surface area (Å²) >= 11 is 0. The second kappa shape index (κ2) is 16.0. The fraction of sp³-hybridized carbons (Fsp3) is 0.412. The molecule has 1 aliphatic rings. The molecule has 7 heteroatoms. The van der Waals surface area contributed by atoms with E-state index in [4.69, 9.17) is 28.4 Å². The Morgan fingerprint density at radius 1 is 0.659 bits per heavy atom. The van der Waals surface area contributed by atoms with E-state index in [-0.39, 0.29) is 6.61 Å². The van der Waals surface area contributed by atoms with Gasteiger partial charge in [-0.05, 0) is 16.7 Å². The molecule has 3 aromatic rings. The quantitative estimate of drug-likeness (QED) is 0.142. The molecule has 0 N–H and O–H groups in total. The topological polar surface area (TPSA) is 55.4 Å². The highest BCUT2D eigenvalue weighted by Gasteiger charge is 2.48. The van der Waals surface area contributed by atoms with Gasteiger partial charge in [-0.3, -0.25) is 0 Å². The molecule has 0 radical (unpaired) electrons. The fourth-order valence-corrected chi connectivity index (χ4v) is 5.20. The van der Waals surface area contributed by atoms with Crippen LogP contribution in [0.25, 0.3) is 0 Å². The molecule has 0 saturated carbocycles. The third kappa shape index (κ3) is 10.2. The van der Waals surface area contributed by atoms with Gasteiger partial charge in [0.2, 0.25) is 0 Å². The molecule has 0 aromatic heterocycles. The lowest BCUT2D eigenvalue weighted by Crippen LogP contribution is -2.61. The van der Waals surface area contributed by atoms with Gasteiger partial charge >= 0.3 is 0 Å². The molecule has 1 saturated heterocycles. The molecule has 1 aliphatic heterocycles. The van der Waals surface area contributed by atoms with Crippen LogP contribution in [0.1, 0.15) is 16.7 Å². The summed E-state index contributed by atoms with van der Waals surface area (Å²) in [4.78, 5) is 0. The first-order chi connectivity index (χ1) is 19.9. The Kier molecular flexibility index (Phi) is 12.1. The van der Waals surface area contributed by atoms with Crippen LogP contribution in [-0.4, -0.2) is 59.1 Å². The van der Waals surface area contributed by atoms with Gasteiger partial charge in [0.15, 0.2) is 6.29 Å². The van der Waals surface area contributed by atoms with Gasteiger partial charge in [0, 0.05) is 7.11 Å². The fourth-order valence-electron chi connectivity index (χ4n) is 4.60. The number of rotatable bonds is 13. The van der Waals surface area contributed by atoms with Crippen molar-refractivity contribution >= 4 is 8.07 Å². The van der Waals surface area contributed by atoms with Gasteiger partial charge in [-0.1, -0.05) is 117 Å². The van der Waals surface area contributed by atoms with Gasteiger partial charge in [-0.2, -0.15) is 0 Å². The molecule has 0 bridgehead atoms. The largest absolute Gasteiger partial charge is 0.368 e. The van der Waals surface area contributed by atoms with E-state index < -0.39 is 38.8 Å². The van der Waals surface area contributed by atoms with Crippen LogP contribution >= 0.6 is 0 Å². The average Bonchev–Trinajstić information content (AvgIpc) is 2.99. The minimum absolute atomic E-state index is 0.288. The molecular formula is C34H42O6Si. The van der Waals surface area contributed by atoms with Crippen molar-refractivity contribution in [3.63, 3.8) is 0 Å². The summed E-state index contributed by atoms with van der Waals surface area (Å²) in [6.07, 6.45) is -2.61. The Balaban J connectivity index is 1.57. The maximum absolute atomic E-state index is 6.62. The van der Waals surface area contributed by atoms with Crippen molar-refractivity contribution in [3.05, 3.63) is 108 Å². The molecule has 6 nitrogen and oxygen atoms in total. The second-order valence-electron chi connectivity index (χ2n) is 11.1. The van der Waals surface area contributed by atoms with Gasteiger partial charge < -0.3 is 28.4 Å². The number of ether oxygens (including phenoxy) is 6. The highest BCUT2D eigenvalue weighted by molar-refractivity contribution is 6.83. The van der Waals surface area contributed by atoms with E-state index in [0.717, 1.165) is 16.7 Å². The zero-order chi connectivity index (χ0) is 28.9. The minimum atomic E-state index is -1.48. The minimum Gasteiger partial charge on any atom is -0.368 e. The Morgan fingerprint density at radius 3 is 1.59 bits per heavy atom. The lowest BCUT2D eigenvalue weighted by Gasteiger charge is -2.45. The van der Waals surface area contributed by atoms with Crippen LogP contribution in [0.15, 0.2) is 91.0 Å². The van der Waals surface area contributed by atoms with Crippen LogP contribution in [0.3, 0.4) is 0 Å². The van der Waals surface area contributed by atoms with Crippen LogP contribution in [0, 0.1) is 11.5 Å². The van der Waals surface area contributed by atoms with E-state index >= 15 is 0 Å². The molecule has 1 heterocycles. The summed E-state index contributed by atoms with van der Waals surface area (Å²) in [6, 6.07) is 30.2. The van der Waals surface area contributed by atoms with Crippen molar-refractivity contribution in [3.8, 4) is 11.5 Å². The van der Waals surface area contributed by atoms with Crippen molar-refractivity contribution in [1.29, 1.82) is 0 Å². The molecule has 5 atom stereocenters. The van der Waals surface area contributed by atoms with Gasteiger partial charge in [0.1, 0.15) is 39.1 Å². The first-order valence-electron chi connectivity index (χ1n) is 14.2. The second-order valence-corrected chi connectivity index (χ2v) is 15.9. The third-order valence-electron chi connectivity index (χ3n) is 6.60. The molecule has 41 heavy (non-hydrogen) atoms. The Bertz CT molecular complexity index is 1210. The summed E-state index contributed by atoms with van der Waals surface area (Å²) in [5, 5.41) is 0. The zero-order valence-corrected chi connectivity index (χ0v) is 25.5. The van der Waals surface area contributed by atoms with E-state index in [1.54, 1.807) is 7.11 Å². The SMILES string of the molecule is CO[C@H]1O[C@H](COCC#C[Si](C)(C)C)[C@@H](OCc2ccccc2)[C@H](OCc2ccccc2)[C@H]1OCc1ccccc1. The molecule has 0 aliphatic carbocycles. The molecule has 0 amide bonds. The predicted molar refractivity (Wildman–Crippen MR) is 163 cm³/mol. The summed E-state index contributed by atoms with van der Waals surface area (Å²) < 4.78 is 38.0. The third-order valence-corrected chi connectivity index (χ3v) is 7.53. The van der Waals surface area contributed by atoms with Gasteiger partial charge in [-0.25, -0.2) is 0 Å². The van der Waals surface area contributed by atoms with Crippen LogP contribution < -0.4 is 0 Å². The number of methoxy groups -OCH3 is 1. The molecule has 218 valence electrons. The summed E-state index contributed by atoms with van der Waals surface area (Å²) in [5.74, 6) is 3.17. The molecule has 0 unspecified atom stereocenters. The van der Waals surface area contributed by atoms with E-state index in [0.29, 0.717) is 26.4 Å². The summed E-state index contributed by atoms with van der Waals surface area (Å²) in [7, 11) is 0.144.